The molecule has 4 nitrogen and oxygen atoms in total. The fraction of sp³-hybridized carbons (Fsp3) is 0.0909. The summed E-state index contributed by atoms with van der Waals surface area (Å²) in [5, 5.41) is 11.5. The van der Waals surface area contributed by atoms with E-state index in [-0.39, 0.29) is 10.6 Å². The lowest BCUT2D eigenvalue weighted by Crippen LogP contribution is -1.87. The van der Waals surface area contributed by atoms with E-state index in [2.05, 4.69) is 11.6 Å². The number of nitrogens with zero attached hydrogens (tertiary/aromatic N) is 1. The number of nitro groups is 1. The van der Waals surface area contributed by atoms with Gasteiger partial charge in [-0.15, -0.1) is 6.58 Å². The molecule has 0 aliphatic rings. The second-order valence-electron chi connectivity index (χ2n) is 3.29. The first-order valence-electron chi connectivity index (χ1n) is 4.57. The van der Waals surface area contributed by atoms with Crippen molar-refractivity contribution in [2.45, 2.75) is 6.42 Å². The van der Waals surface area contributed by atoms with Crippen molar-refractivity contribution in [3.63, 3.8) is 0 Å². The van der Waals surface area contributed by atoms with E-state index in [1.807, 2.05) is 6.20 Å². The Labute approximate surface area is 86.4 Å². The summed E-state index contributed by atoms with van der Waals surface area (Å²) in [5.41, 5.74) is 2.06. The van der Waals surface area contributed by atoms with Crippen molar-refractivity contribution >= 4 is 16.6 Å². The number of benzene rings is 1. The van der Waals surface area contributed by atoms with Crippen LogP contribution in [0.2, 0.25) is 0 Å². The van der Waals surface area contributed by atoms with E-state index < -0.39 is 0 Å². The SMILES string of the molecule is C=CCc1c[nH]c2ccc([N+](=O)[O-])cc12. The zero-order valence-electron chi connectivity index (χ0n) is 8.06. The number of non-ortho nitro benzene ring substituents is 1. The van der Waals surface area contributed by atoms with Crippen LogP contribution < -0.4 is 0 Å². The van der Waals surface area contributed by atoms with E-state index in [0.29, 0.717) is 6.42 Å². The van der Waals surface area contributed by atoms with Crippen molar-refractivity contribution in [1.82, 2.24) is 4.98 Å². The van der Waals surface area contributed by atoms with Crippen molar-refractivity contribution in [1.29, 1.82) is 0 Å². The summed E-state index contributed by atoms with van der Waals surface area (Å²) in [6.45, 7) is 3.65. The second kappa shape index (κ2) is 3.57. The number of allylic oxidation sites excluding steroid dienone is 1. The minimum atomic E-state index is -0.385. The predicted octanol–water partition coefficient (Wildman–Crippen LogP) is 2.80. The molecule has 4 heteroatoms. The first-order valence-corrected chi connectivity index (χ1v) is 4.57. The Balaban J connectivity index is 2.60. The van der Waals surface area contributed by atoms with E-state index in [4.69, 9.17) is 0 Å². The Hall–Kier alpha value is -2.10. The lowest BCUT2D eigenvalue weighted by Gasteiger charge is -1.94. The number of nitrogens with one attached hydrogen (secondary N) is 1. The topological polar surface area (TPSA) is 58.9 Å². The first kappa shape index (κ1) is 9.45. The Morgan fingerprint density at radius 1 is 1.53 bits per heavy atom. The van der Waals surface area contributed by atoms with Gasteiger partial charge in [0.2, 0.25) is 0 Å². The number of hydrogen-bond acceptors (Lipinski definition) is 2. The number of H-pyrrole nitrogens is 1. The van der Waals surface area contributed by atoms with E-state index in [0.717, 1.165) is 16.5 Å². The van der Waals surface area contributed by atoms with Crippen LogP contribution in [0.4, 0.5) is 5.69 Å². The van der Waals surface area contributed by atoms with Gasteiger partial charge in [0.25, 0.3) is 5.69 Å². The molecule has 0 saturated carbocycles. The lowest BCUT2D eigenvalue weighted by molar-refractivity contribution is -0.384. The van der Waals surface area contributed by atoms with E-state index >= 15 is 0 Å². The molecular formula is C11H10N2O2. The third kappa shape index (κ3) is 1.61. The van der Waals surface area contributed by atoms with Crippen LogP contribution in [0.25, 0.3) is 10.9 Å². The fourth-order valence-corrected chi connectivity index (χ4v) is 1.60. The zero-order valence-corrected chi connectivity index (χ0v) is 8.06. The molecule has 0 fully saturated rings. The van der Waals surface area contributed by atoms with Gasteiger partial charge in [0.05, 0.1) is 4.92 Å². The molecule has 1 aromatic heterocycles. The maximum Gasteiger partial charge on any atom is 0.270 e. The zero-order chi connectivity index (χ0) is 10.8. The van der Waals surface area contributed by atoms with Crippen LogP contribution >= 0.6 is 0 Å². The van der Waals surface area contributed by atoms with Gasteiger partial charge >= 0.3 is 0 Å². The quantitative estimate of drug-likeness (QED) is 0.472. The smallest absolute Gasteiger partial charge is 0.270 e. The van der Waals surface area contributed by atoms with Gasteiger partial charge in [0, 0.05) is 29.2 Å². The molecule has 0 aliphatic carbocycles. The number of aromatic nitrogens is 1. The highest BCUT2D eigenvalue weighted by Gasteiger charge is 2.09. The van der Waals surface area contributed by atoms with Gasteiger partial charge in [-0.1, -0.05) is 6.08 Å². The van der Waals surface area contributed by atoms with Gasteiger partial charge in [-0.05, 0) is 18.1 Å². The minimum absolute atomic E-state index is 0.118. The maximum absolute atomic E-state index is 10.6. The lowest BCUT2D eigenvalue weighted by atomic mass is 10.1. The monoisotopic (exact) mass is 202 g/mol. The average Bonchev–Trinajstić information content (AvgIpc) is 2.61. The summed E-state index contributed by atoms with van der Waals surface area (Å²) < 4.78 is 0. The number of hydrogen-bond donors (Lipinski definition) is 1. The number of aromatic amines is 1. The van der Waals surface area contributed by atoms with Crippen LogP contribution in [-0.4, -0.2) is 9.91 Å². The molecule has 1 heterocycles. The standard InChI is InChI=1S/C11H10N2O2/c1-2-3-8-7-12-11-5-4-9(13(14)15)6-10(8)11/h2,4-7,12H,1,3H2. The van der Waals surface area contributed by atoms with Gasteiger partial charge in [-0.3, -0.25) is 10.1 Å². The van der Waals surface area contributed by atoms with Gasteiger partial charge in [0.1, 0.15) is 0 Å². The maximum atomic E-state index is 10.6. The van der Waals surface area contributed by atoms with Gasteiger partial charge in [0.15, 0.2) is 0 Å². The highest BCUT2D eigenvalue weighted by molar-refractivity contribution is 5.85. The van der Waals surface area contributed by atoms with Crippen molar-refractivity contribution in [2.75, 3.05) is 0 Å². The van der Waals surface area contributed by atoms with Crippen LogP contribution in [0.1, 0.15) is 5.56 Å². The highest BCUT2D eigenvalue weighted by Crippen LogP contribution is 2.23. The predicted molar refractivity (Wildman–Crippen MR) is 58.9 cm³/mol. The Bertz CT molecular complexity index is 528. The molecule has 0 bridgehead atoms. The summed E-state index contributed by atoms with van der Waals surface area (Å²) >= 11 is 0. The van der Waals surface area contributed by atoms with Crippen molar-refractivity contribution in [2.24, 2.45) is 0 Å². The summed E-state index contributed by atoms with van der Waals surface area (Å²) in [4.78, 5) is 13.3. The van der Waals surface area contributed by atoms with Gasteiger partial charge < -0.3 is 4.98 Å². The molecule has 2 aromatic rings. The molecule has 0 unspecified atom stereocenters. The highest BCUT2D eigenvalue weighted by atomic mass is 16.6. The van der Waals surface area contributed by atoms with Crippen molar-refractivity contribution in [3.05, 3.63) is 52.7 Å². The van der Waals surface area contributed by atoms with E-state index in [9.17, 15) is 10.1 Å². The molecule has 0 aliphatic heterocycles. The summed E-state index contributed by atoms with van der Waals surface area (Å²) in [5.74, 6) is 0. The molecule has 0 saturated heterocycles. The van der Waals surface area contributed by atoms with Gasteiger partial charge in [-0.2, -0.15) is 0 Å². The molecule has 1 aromatic carbocycles. The summed E-state index contributed by atoms with van der Waals surface area (Å²) in [6.07, 6.45) is 4.35. The van der Waals surface area contributed by atoms with E-state index in [1.165, 1.54) is 6.07 Å². The number of rotatable bonds is 3. The summed E-state index contributed by atoms with van der Waals surface area (Å²) in [7, 11) is 0. The molecule has 2 rings (SSSR count). The summed E-state index contributed by atoms with van der Waals surface area (Å²) in [6, 6.07) is 4.81. The second-order valence-corrected chi connectivity index (χ2v) is 3.29. The van der Waals surface area contributed by atoms with Gasteiger partial charge in [-0.25, -0.2) is 0 Å². The minimum Gasteiger partial charge on any atom is -0.361 e. The van der Waals surface area contributed by atoms with Crippen LogP contribution in [0.5, 0.6) is 0 Å². The van der Waals surface area contributed by atoms with Crippen LogP contribution in [0.15, 0.2) is 37.1 Å². The van der Waals surface area contributed by atoms with Crippen molar-refractivity contribution < 1.29 is 4.92 Å². The molecular weight excluding hydrogens is 192 g/mol. The largest absolute Gasteiger partial charge is 0.361 e. The Morgan fingerprint density at radius 3 is 3.00 bits per heavy atom. The molecule has 15 heavy (non-hydrogen) atoms. The number of fused-ring (bicyclic) bond motifs is 1. The molecule has 0 amide bonds. The fourth-order valence-electron chi connectivity index (χ4n) is 1.60. The van der Waals surface area contributed by atoms with Crippen molar-refractivity contribution in [3.8, 4) is 0 Å². The Kier molecular flexibility index (Phi) is 2.25. The third-order valence-corrected chi connectivity index (χ3v) is 2.33. The average molecular weight is 202 g/mol. The Morgan fingerprint density at radius 2 is 2.33 bits per heavy atom. The van der Waals surface area contributed by atoms with Crippen LogP contribution in [0, 0.1) is 10.1 Å². The third-order valence-electron chi connectivity index (χ3n) is 2.33. The molecule has 0 radical (unpaired) electrons. The normalized spacial score (nSPS) is 10.4. The van der Waals surface area contributed by atoms with Crippen LogP contribution in [0.3, 0.4) is 0 Å². The molecule has 0 atom stereocenters. The van der Waals surface area contributed by atoms with Crippen LogP contribution in [-0.2, 0) is 6.42 Å². The number of nitro benzene ring substituents is 1. The molecule has 0 spiro atoms. The molecule has 1 N–H and O–H groups in total. The first-order chi connectivity index (χ1) is 7.22. The van der Waals surface area contributed by atoms with E-state index in [1.54, 1.807) is 18.2 Å². The molecule has 76 valence electrons.